The quantitative estimate of drug-likeness (QED) is 0.0397. The van der Waals surface area contributed by atoms with Crippen molar-refractivity contribution < 1.29 is 63.7 Å². The fraction of sp³-hybridized carbons (Fsp3) is 0.471. The molecule has 0 radical (unpaired) electrons. The predicted octanol–water partition coefficient (Wildman–Crippen LogP) is 4.89. The van der Waals surface area contributed by atoms with E-state index in [4.69, 9.17) is 29.0 Å². The first kappa shape index (κ1) is 54.4. The summed E-state index contributed by atoms with van der Waals surface area (Å²) in [5.74, 6) is 0.821. The van der Waals surface area contributed by atoms with Gasteiger partial charge in [-0.3, -0.25) is 9.59 Å². The summed E-state index contributed by atoms with van der Waals surface area (Å²) in [6.45, 7) is 9.00. The Morgan fingerprint density at radius 2 is 1.49 bits per heavy atom. The molecule has 0 saturated carbocycles. The molecule has 0 bridgehead atoms. The molecule has 0 aliphatic carbocycles. The first-order chi connectivity index (χ1) is 33.3. The number of amides is 5. The zero-order chi connectivity index (χ0) is 50.8. The molecule has 0 saturated heterocycles. The van der Waals surface area contributed by atoms with Gasteiger partial charge in [0.1, 0.15) is 30.0 Å². The number of nitrogens with zero attached hydrogens (tertiary/aromatic N) is 1. The number of rotatable bonds is 25. The number of alkyl carbamates (subject to hydrolysis) is 1. The van der Waals surface area contributed by atoms with Crippen molar-refractivity contribution in [2.45, 2.75) is 109 Å². The maximum atomic E-state index is 13.1. The SMILES string of the molecule is CC(C)(CCCCOc1cc(-c2ccc3c(c2)OCO3)cc(-c2ccccc2)n1)CNC(=O)Nc1cccc(C(=O)NCCCC[C@H](NC(=O)OC(C)(C)C)C(=O)NC[C@H](O)[C@@H](O)[C@H](O)[C@H](O)CO)c1. The van der Waals surface area contributed by atoms with Crippen LogP contribution < -0.4 is 40.8 Å². The summed E-state index contributed by atoms with van der Waals surface area (Å²) in [5, 5.41) is 62.2. The number of hydrogen-bond donors (Lipinski definition) is 10. The van der Waals surface area contributed by atoms with Crippen LogP contribution in [0.5, 0.6) is 17.4 Å². The third-order valence-corrected chi connectivity index (χ3v) is 11.2. The van der Waals surface area contributed by atoms with Crippen molar-refractivity contribution >= 4 is 29.6 Å². The van der Waals surface area contributed by atoms with Gasteiger partial charge in [-0.25, -0.2) is 14.6 Å². The van der Waals surface area contributed by atoms with Crippen LogP contribution >= 0.6 is 0 Å². The maximum Gasteiger partial charge on any atom is 0.408 e. The van der Waals surface area contributed by atoms with Crippen LogP contribution in [0, 0.1) is 5.41 Å². The average Bonchev–Trinajstić information content (AvgIpc) is 3.81. The van der Waals surface area contributed by atoms with Crippen molar-refractivity contribution in [2.24, 2.45) is 5.41 Å². The summed E-state index contributed by atoms with van der Waals surface area (Å²) in [6, 6.07) is 24.7. The topological polar surface area (TPSA) is 279 Å². The zero-order valence-electron chi connectivity index (χ0n) is 40.4. The van der Waals surface area contributed by atoms with Crippen LogP contribution in [0.3, 0.4) is 0 Å². The van der Waals surface area contributed by atoms with Crippen LogP contribution in [0.1, 0.15) is 83.5 Å². The summed E-state index contributed by atoms with van der Waals surface area (Å²) >= 11 is 0. The zero-order valence-corrected chi connectivity index (χ0v) is 40.4. The van der Waals surface area contributed by atoms with E-state index in [1.165, 1.54) is 0 Å². The number of unbranched alkanes of at least 4 members (excludes halogenated alkanes) is 2. The molecule has 1 aromatic heterocycles. The minimum Gasteiger partial charge on any atom is -0.478 e. The first-order valence-corrected chi connectivity index (χ1v) is 23.4. The summed E-state index contributed by atoms with van der Waals surface area (Å²) in [6.07, 6.45) is -4.72. The molecular formula is C51H68N6O13. The number of aliphatic hydroxyl groups excluding tert-OH is 5. The fourth-order valence-electron chi connectivity index (χ4n) is 7.29. The van der Waals surface area contributed by atoms with Gasteiger partial charge >= 0.3 is 12.1 Å². The summed E-state index contributed by atoms with van der Waals surface area (Å²) < 4.78 is 22.6. The normalized spacial score (nSPS) is 14.3. The summed E-state index contributed by atoms with van der Waals surface area (Å²) in [7, 11) is 0. The lowest BCUT2D eigenvalue weighted by Crippen LogP contribution is -2.53. The average molecular weight is 973 g/mol. The Morgan fingerprint density at radius 3 is 2.23 bits per heavy atom. The van der Waals surface area contributed by atoms with Crippen LogP contribution in [-0.2, 0) is 9.53 Å². The molecule has 5 amide bonds. The van der Waals surface area contributed by atoms with E-state index >= 15 is 0 Å². The molecule has 4 aromatic rings. The molecule has 0 spiro atoms. The van der Waals surface area contributed by atoms with Gasteiger partial charge in [0.25, 0.3) is 5.91 Å². The number of hydrogen-bond acceptors (Lipinski definition) is 14. The lowest BCUT2D eigenvalue weighted by atomic mass is 9.87. The van der Waals surface area contributed by atoms with E-state index in [0.29, 0.717) is 54.6 Å². The molecule has 19 heteroatoms. The number of carbonyl (C=O) groups excluding carboxylic acids is 4. The number of benzene rings is 3. The first-order valence-electron chi connectivity index (χ1n) is 23.4. The van der Waals surface area contributed by atoms with Crippen molar-refractivity contribution in [3.8, 4) is 39.8 Å². The second-order valence-electron chi connectivity index (χ2n) is 18.9. The highest BCUT2D eigenvalue weighted by Crippen LogP contribution is 2.37. The Balaban J connectivity index is 1.03. The summed E-state index contributed by atoms with van der Waals surface area (Å²) in [4.78, 5) is 56.4. The summed E-state index contributed by atoms with van der Waals surface area (Å²) in [5.41, 5.74) is 3.32. The standard InChI is InChI=1S/C51H68N6O13/c1-50(2,3)70-49(66)57-37(47(64)53-28-39(59)44(61)45(62)40(60)29-58)18-9-11-22-52-46(63)34-16-13-17-36(24-34)55-48(65)54-30-51(4,5)21-10-12-23-67-43-27-35(25-38(56-43)32-14-7-6-8-15-32)33-19-20-41-42(26-33)69-31-68-41/h6-8,13-17,19-20,24-27,37,39-40,44-45,58-62H,9-12,18,21-23,28-31H2,1-5H3,(H,52,63)(H,53,64)(H,57,66)(H2,54,55,65)/t37-,39-,40+,44+,45+/m0/s1. The van der Waals surface area contributed by atoms with Gasteiger partial charge in [-0.15, -0.1) is 0 Å². The highest BCUT2D eigenvalue weighted by Gasteiger charge is 2.31. The molecule has 5 atom stereocenters. The molecule has 3 aromatic carbocycles. The molecular weight excluding hydrogens is 905 g/mol. The molecule has 2 heterocycles. The number of ether oxygens (including phenoxy) is 4. The van der Waals surface area contributed by atoms with Crippen molar-refractivity contribution in [2.75, 3.05) is 45.0 Å². The van der Waals surface area contributed by atoms with E-state index in [0.717, 1.165) is 41.6 Å². The Hall–Kier alpha value is -6.51. The van der Waals surface area contributed by atoms with Crippen LogP contribution in [0.4, 0.5) is 15.3 Å². The monoisotopic (exact) mass is 972 g/mol. The molecule has 19 nitrogen and oxygen atoms in total. The predicted molar refractivity (Wildman–Crippen MR) is 261 cm³/mol. The number of pyridine rings is 1. The Labute approximate surface area is 408 Å². The van der Waals surface area contributed by atoms with Crippen molar-refractivity contribution in [3.05, 3.63) is 90.5 Å². The smallest absolute Gasteiger partial charge is 0.408 e. The van der Waals surface area contributed by atoms with Gasteiger partial charge in [-0.05, 0) is 112 Å². The number of nitrogens with one attached hydrogen (secondary N) is 5. The molecule has 380 valence electrons. The highest BCUT2D eigenvalue weighted by molar-refractivity contribution is 5.97. The van der Waals surface area contributed by atoms with E-state index in [9.17, 15) is 39.6 Å². The largest absolute Gasteiger partial charge is 0.478 e. The van der Waals surface area contributed by atoms with Gasteiger partial charge in [0.15, 0.2) is 11.5 Å². The van der Waals surface area contributed by atoms with Gasteiger partial charge in [0, 0.05) is 42.5 Å². The Morgan fingerprint density at radius 1 is 0.743 bits per heavy atom. The molecule has 1 aliphatic heterocycles. The second-order valence-corrected chi connectivity index (χ2v) is 18.9. The molecule has 0 unspecified atom stereocenters. The van der Waals surface area contributed by atoms with Gasteiger partial charge in [-0.1, -0.05) is 56.3 Å². The molecule has 0 fully saturated rings. The van der Waals surface area contributed by atoms with Crippen LogP contribution in [0.15, 0.2) is 84.9 Å². The van der Waals surface area contributed by atoms with Crippen LogP contribution in [0.25, 0.3) is 22.4 Å². The third kappa shape index (κ3) is 17.5. The van der Waals surface area contributed by atoms with Crippen LogP contribution in [0.2, 0.25) is 0 Å². The minimum atomic E-state index is -1.89. The lowest BCUT2D eigenvalue weighted by molar-refractivity contribution is -0.127. The highest BCUT2D eigenvalue weighted by atomic mass is 16.7. The van der Waals surface area contributed by atoms with E-state index in [1.807, 2.05) is 60.7 Å². The van der Waals surface area contributed by atoms with Crippen molar-refractivity contribution in [1.29, 1.82) is 0 Å². The van der Waals surface area contributed by atoms with Gasteiger partial charge < -0.3 is 71.1 Å². The number of fused-ring (bicyclic) bond motifs is 1. The van der Waals surface area contributed by atoms with E-state index in [2.05, 4.69) is 40.4 Å². The van der Waals surface area contributed by atoms with Crippen LogP contribution in [-0.4, -0.2) is 130 Å². The fourth-order valence-corrected chi connectivity index (χ4v) is 7.29. The molecule has 10 N–H and O–H groups in total. The van der Waals surface area contributed by atoms with Gasteiger partial charge in [0.2, 0.25) is 18.6 Å². The van der Waals surface area contributed by atoms with E-state index in [-0.39, 0.29) is 31.1 Å². The lowest BCUT2D eigenvalue weighted by Gasteiger charge is -2.27. The van der Waals surface area contributed by atoms with E-state index < -0.39 is 67.2 Å². The second kappa shape index (κ2) is 25.9. The van der Waals surface area contributed by atoms with Gasteiger partial charge in [-0.2, -0.15) is 0 Å². The number of aliphatic hydroxyl groups is 5. The number of aromatic nitrogens is 1. The van der Waals surface area contributed by atoms with Gasteiger partial charge in [0.05, 0.1) is 25.0 Å². The minimum absolute atomic E-state index is 0.110. The number of anilines is 1. The van der Waals surface area contributed by atoms with Crippen molar-refractivity contribution in [1.82, 2.24) is 26.3 Å². The number of urea groups is 1. The third-order valence-electron chi connectivity index (χ3n) is 11.2. The Kier molecular flexibility index (Phi) is 20.1. The Bertz CT molecular complexity index is 2340. The van der Waals surface area contributed by atoms with Crippen molar-refractivity contribution in [3.63, 3.8) is 0 Å². The number of carbonyl (C=O) groups is 4. The maximum absolute atomic E-state index is 13.1. The van der Waals surface area contributed by atoms with E-state index in [1.54, 1.807) is 45.0 Å². The molecule has 1 aliphatic rings. The molecule has 5 rings (SSSR count). The molecule has 70 heavy (non-hydrogen) atoms.